The van der Waals surface area contributed by atoms with E-state index in [2.05, 4.69) is 31.2 Å². The van der Waals surface area contributed by atoms with Gasteiger partial charge in [-0.1, -0.05) is 39.8 Å². The number of thioether (sulfide) groups is 1. The number of halogens is 4. The summed E-state index contributed by atoms with van der Waals surface area (Å²) >= 11 is 4.44. The predicted octanol–water partition coefficient (Wildman–Crippen LogP) is 5.01. The van der Waals surface area contributed by atoms with Gasteiger partial charge in [-0.2, -0.15) is 4.99 Å². The molecule has 0 atom stereocenters. The first-order valence-electron chi connectivity index (χ1n) is 8.65. The van der Waals surface area contributed by atoms with Gasteiger partial charge in [0, 0.05) is 33.1 Å². The molecular weight excluding hydrogens is 497 g/mol. The fourth-order valence-electron chi connectivity index (χ4n) is 2.84. The minimum Gasteiger partial charge on any atom is -0.287 e. The van der Waals surface area contributed by atoms with Gasteiger partial charge in [-0.15, -0.1) is 0 Å². The molecule has 1 heterocycles. The minimum atomic E-state index is -1.34. The highest BCUT2D eigenvalue weighted by Gasteiger charge is 2.23. The van der Waals surface area contributed by atoms with Crippen molar-refractivity contribution in [1.82, 2.24) is 10.3 Å². The zero-order chi connectivity index (χ0) is 22.5. The lowest BCUT2D eigenvalue weighted by Crippen LogP contribution is -2.42. The van der Waals surface area contributed by atoms with Crippen LogP contribution in [-0.4, -0.2) is 28.8 Å². The van der Waals surface area contributed by atoms with E-state index in [4.69, 9.17) is 0 Å². The van der Waals surface area contributed by atoms with E-state index in [0.29, 0.717) is 27.4 Å². The van der Waals surface area contributed by atoms with Gasteiger partial charge < -0.3 is 0 Å². The first kappa shape index (κ1) is 22.8. The van der Waals surface area contributed by atoms with Gasteiger partial charge in [0.15, 0.2) is 16.8 Å². The second-order valence-electron chi connectivity index (χ2n) is 6.11. The van der Waals surface area contributed by atoms with E-state index in [1.807, 2.05) is 0 Å². The zero-order valence-electron chi connectivity index (χ0n) is 15.9. The number of aliphatic imine (C=N–C) groups is 1. The molecule has 0 aliphatic carbocycles. The van der Waals surface area contributed by atoms with Crippen molar-refractivity contribution < 1.29 is 22.8 Å². The van der Waals surface area contributed by atoms with E-state index in [1.54, 1.807) is 30.7 Å². The van der Waals surface area contributed by atoms with Gasteiger partial charge in [0.2, 0.25) is 6.41 Å². The summed E-state index contributed by atoms with van der Waals surface area (Å²) in [4.78, 5) is 32.5. The largest absolute Gasteiger partial charge is 0.328 e. The fourth-order valence-corrected chi connectivity index (χ4v) is 3.76. The summed E-state index contributed by atoms with van der Waals surface area (Å²) in [5.41, 5.74) is 0.0225. The lowest BCUT2D eigenvalue weighted by molar-refractivity contribution is -0.106. The van der Waals surface area contributed by atoms with Crippen LogP contribution in [0.5, 0.6) is 0 Å². The Balaban J connectivity index is 2.14. The van der Waals surface area contributed by atoms with E-state index < -0.39 is 30.0 Å². The van der Waals surface area contributed by atoms with Crippen LogP contribution in [0.1, 0.15) is 5.56 Å². The second kappa shape index (κ2) is 9.92. The van der Waals surface area contributed by atoms with Crippen molar-refractivity contribution in [3.05, 3.63) is 70.2 Å². The molecule has 1 N–H and O–H groups in total. The molecule has 0 saturated carbocycles. The maximum atomic E-state index is 14.3. The van der Waals surface area contributed by atoms with E-state index >= 15 is 0 Å². The van der Waals surface area contributed by atoms with Gasteiger partial charge in [-0.25, -0.2) is 18.0 Å². The summed E-state index contributed by atoms with van der Waals surface area (Å²) in [6, 6.07) is 5.63. The maximum Gasteiger partial charge on any atom is 0.328 e. The lowest BCUT2D eigenvalue weighted by Gasteiger charge is -2.25. The second-order valence-corrected chi connectivity index (χ2v) is 7.76. The molecule has 31 heavy (non-hydrogen) atoms. The molecule has 3 amide bonds. The number of amidine groups is 1. The Kier molecular flexibility index (Phi) is 7.29. The third-order valence-corrected chi connectivity index (χ3v) is 5.50. The van der Waals surface area contributed by atoms with Crippen LogP contribution in [0.25, 0.3) is 10.8 Å². The van der Waals surface area contributed by atoms with Crippen molar-refractivity contribution in [1.29, 1.82) is 0 Å². The summed E-state index contributed by atoms with van der Waals surface area (Å²) in [6.07, 6.45) is 4.83. The van der Waals surface area contributed by atoms with E-state index in [9.17, 15) is 22.8 Å². The molecule has 3 rings (SSSR count). The quantitative estimate of drug-likeness (QED) is 0.232. The minimum absolute atomic E-state index is 0.00280. The molecule has 11 heteroatoms. The van der Waals surface area contributed by atoms with Crippen molar-refractivity contribution in [2.45, 2.75) is 6.54 Å². The highest BCUT2D eigenvalue weighted by Crippen LogP contribution is 2.33. The summed E-state index contributed by atoms with van der Waals surface area (Å²) in [5.74, 6) is -3.61. The number of pyridine rings is 1. The van der Waals surface area contributed by atoms with Crippen LogP contribution < -0.4 is 10.2 Å². The van der Waals surface area contributed by atoms with Crippen LogP contribution in [-0.2, 0) is 11.3 Å². The normalized spacial score (nSPS) is 11.5. The number of nitrogens with zero attached hydrogens (tertiary/aromatic N) is 3. The highest BCUT2D eigenvalue weighted by atomic mass is 79.9. The van der Waals surface area contributed by atoms with Gasteiger partial charge in [0.1, 0.15) is 5.82 Å². The number of urea groups is 1. The number of amides is 3. The van der Waals surface area contributed by atoms with Crippen molar-refractivity contribution in [2.24, 2.45) is 4.99 Å². The van der Waals surface area contributed by atoms with Gasteiger partial charge >= 0.3 is 6.03 Å². The Bertz CT molecular complexity index is 1190. The Morgan fingerprint density at radius 1 is 1.23 bits per heavy atom. The van der Waals surface area contributed by atoms with Crippen LogP contribution in [0.4, 0.5) is 23.7 Å². The average Bonchev–Trinajstić information content (AvgIpc) is 2.74. The third kappa shape index (κ3) is 5.05. The van der Waals surface area contributed by atoms with Gasteiger partial charge in [-0.3, -0.25) is 20.0 Å². The van der Waals surface area contributed by atoms with Crippen LogP contribution in [0, 0.1) is 17.5 Å². The molecule has 0 saturated heterocycles. The number of benzene rings is 2. The van der Waals surface area contributed by atoms with Crippen LogP contribution in [0.15, 0.2) is 52.2 Å². The molecule has 0 radical (unpaired) electrons. The number of nitrogens with one attached hydrogen (secondary N) is 1. The number of carbonyl (C=O) groups excluding carboxylic acids is 2. The molecule has 2 aromatic carbocycles. The molecule has 0 unspecified atom stereocenters. The fraction of sp³-hybridized carbons (Fsp3) is 0.100. The van der Waals surface area contributed by atoms with Crippen LogP contribution in [0.3, 0.4) is 0 Å². The van der Waals surface area contributed by atoms with Crippen LogP contribution >= 0.6 is 27.7 Å². The average molecular weight is 511 g/mol. The van der Waals surface area contributed by atoms with E-state index in [1.165, 1.54) is 6.20 Å². The molecule has 160 valence electrons. The smallest absolute Gasteiger partial charge is 0.287 e. The number of carbonyl (C=O) groups is 2. The Labute approximate surface area is 187 Å². The molecule has 0 aliphatic heterocycles. The number of aromatic nitrogens is 1. The zero-order valence-corrected chi connectivity index (χ0v) is 18.3. The van der Waals surface area contributed by atoms with Crippen LogP contribution in [0.2, 0.25) is 0 Å². The molecule has 0 bridgehead atoms. The van der Waals surface area contributed by atoms with Crippen molar-refractivity contribution in [2.75, 3.05) is 11.2 Å². The number of rotatable bonds is 4. The molecular formula is C20H14BrF3N4O2S. The summed E-state index contributed by atoms with van der Waals surface area (Å²) in [7, 11) is 0. The monoisotopic (exact) mass is 510 g/mol. The molecule has 0 fully saturated rings. The van der Waals surface area contributed by atoms with Crippen molar-refractivity contribution in [3.8, 4) is 0 Å². The topological polar surface area (TPSA) is 74.7 Å². The summed E-state index contributed by atoms with van der Waals surface area (Å²) in [6.45, 7) is -0.445. The predicted molar refractivity (Wildman–Crippen MR) is 117 cm³/mol. The first-order valence-corrected chi connectivity index (χ1v) is 10.7. The van der Waals surface area contributed by atoms with E-state index in [-0.39, 0.29) is 22.8 Å². The molecule has 0 spiro atoms. The Morgan fingerprint density at radius 2 is 1.97 bits per heavy atom. The summed E-state index contributed by atoms with van der Waals surface area (Å²) in [5, 5.41) is 3.73. The third-order valence-electron chi connectivity index (χ3n) is 4.24. The highest BCUT2D eigenvalue weighted by molar-refractivity contribution is 9.10. The molecule has 6 nitrogen and oxygen atoms in total. The van der Waals surface area contributed by atoms with Gasteiger partial charge in [-0.05, 0) is 18.4 Å². The first-order chi connectivity index (χ1) is 14.8. The summed E-state index contributed by atoms with van der Waals surface area (Å²) < 4.78 is 42.1. The van der Waals surface area contributed by atoms with Gasteiger partial charge in [0.25, 0.3) is 0 Å². The molecule has 1 aromatic heterocycles. The SMILES string of the molecule is CSC(=NC=O)NC(=O)N(Cc1cc(F)c(F)cc1F)c1cncc2cccc(Br)c12. The molecule has 0 aliphatic rings. The Morgan fingerprint density at radius 3 is 2.68 bits per heavy atom. The Hall–Kier alpha value is -2.92. The number of hydrogen-bond donors (Lipinski definition) is 1. The van der Waals surface area contributed by atoms with Crippen molar-refractivity contribution >= 4 is 61.8 Å². The lowest BCUT2D eigenvalue weighted by atomic mass is 10.1. The van der Waals surface area contributed by atoms with E-state index in [0.717, 1.165) is 16.7 Å². The number of fused-ring (bicyclic) bond motifs is 1. The molecule has 3 aromatic rings. The standard InChI is InChI=1S/C20H14BrF3N4O2S/c1-31-19(26-10-29)27-20(30)28(9-12-5-15(23)16(24)6-14(12)22)17-8-25-7-11-3-2-4-13(21)18(11)17/h2-8,10H,9H2,1H3,(H,26,27,29,30). The number of hydrogen-bond acceptors (Lipinski definition) is 4. The van der Waals surface area contributed by atoms with Gasteiger partial charge in [0.05, 0.1) is 18.4 Å². The maximum absolute atomic E-state index is 14.3. The van der Waals surface area contributed by atoms with Crippen molar-refractivity contribution in [3.63, 3.8) is 0 Å². The number of anilines is 1.